The Balaban J connectivity index is 2.35. The smallest absolute Gasteiger partial charge is 0.129 e. The molecule has 2 rings (SSSR count). The first-order chi connectivity index (χ1) is 9.63. The van der Waals surface area contributed by atoms with E-state index in [0.717, 1.165) is 34.7 Å². The zero-order valence-electron chi connectivity index (χ0n) is 12.1. The van der Waals surface area contributed by atoms with Gasteiger partial charge in [-0.05, 0) is 49.2 Å². The van der Waals surface area contributed by atoms with Gasteiger partial charge in [0, 0.05) is 10.3 Å². The zero-order valence-corrected chi connectivity index (χ0v) is 12.9. The van der Waals surface area contributed by atoms with E-state index in [2.05, 4.69) is 12.2 Å². The third kappa shape index (κ3) is 3.58. The van der Waals surface area contributed by atoms with Gasteiger partial charge in [0.15, 0.2) is 0 Å². The minimum Gasteiger partial charge on any atom is -0.496 e. The lowest BCUT2D eigenvalue weighted by Gasteiger charge is -2.18. The van der Waals surface area contributed by atoms with Crippen molar-refractivity contribution in [2.24, 2.45) is 0 Å². The fourth-order valence-electron chi connectivity index (χ4n) is 2.20. The number of halogens is 1. The number of ether oxygens (including phenoxy) is 1. The van der Waals surface area contributed by atoms with Gasteiger partial charge in [-0.25, -0.2) is 4.39 Å². The van der Waals surface area contributed by atoms with Crippen LogP contribution in [0.2, 0.25) is 0 Å². The van der Waals surface area contributed by atoms with E-state index >= 15 is 0 Å². The van der Waals surface area contributed by atoms with E-state index in [1.165, 1.54) is 0 Å². The molecule has 1 unspecified atom stereocenters. The summed E-state index contributed by atoms with van der Waals surface area (Å²) in [5, 5.41) is 5.46. The maximum atomic E-state index is 13.6. The second-order valence-electron chi connectivity index (χ2n) is 4.84. The molecule has 0 bridgehead atoms. The summed E-state index contributed by atoms with van der Waals surface area (Å²) in [6, 6.07) is 7.21. The lowest BCUT2D eigenvalue weighted by Crippen LogP contribution is -2.22. The third-order valence-electron chi connectivity index (χ3n) is 3.11. The summed E-state index contributed by atoms with van der Waals surface area (Å²) in [5.41, 5.74) is 1.90. The van der Waals surface area contributed by atoms with Gasteiger partial charge in [0.05, 0.1) is 13.2 Å². The normalized spacial score (nSPS) is 12.4. The fraction of sp³-hybridized carbons (Fsp3) is 0.375. The highest BCUT2D eigenvalue weighted by atomic mass is 32.1. The van der Waals surface area contributed by atoms with Gasteiger partial charge in [-0.3, -0.25) is 0 Å². The van der Waals surface area contributed by atoms with Crippen LogP contribution in [0.25, 0.3) is 0 Å². The molecule has 1 aromatic carbocycles. The van der Waals surface area contributed by atoms with E-state index in [4.69, 9.17) is 4.74 Å². The van der Waals surface area contributed by atoms with Gasteiger partial charge in [0.25, 0.3) is 0 Å². The molecule has 0 saturated heterocycles. The lowest BCUT2D eigenvalue weighted by molar-refractivity contribution is 0.416. The van der Waals surface area contributed by atoms with Crippen LogP contribution in [-0.2, 0) is 0 Å². The molecular formula is C16H20FNOS. The monoisotopic (exact) mass is 293 g/mol. The van der Waals surface area contributed by atoms with Crippen molar-refractivity contribution >= 4 is 11.3 Å². The Kier molecular flexibility index (Phi) is 5.15. The first-order valence-corrected chi connectivity index (χ1v) is 7.65. The number of benzene rings is 1. The third-order valence-corrected chi connectivity index (χ3v) is 4.09. The van der Waals surface area contributed by atoms with Crippen molar-refractivity contribution in [1.82, 2.24) is 5.32 Å². The van der Waals surface area contributed by atoms with E-state index in [9.17, 15) is 4.39 Å². The van der Waals surface area contributed by atoms with Crippen LogP contribution in [0.1, 0.15) is 35.4 Å². The number of thiophene rings is 1. The van der Waals surface area contributed by atoms with Crippen LogP contribution in [0.3, 0.4) is 0 Å². The Morgan fingerprint density at radius 1 is 1.30 bits per heavy atom. The summed E-state index contributed by atoms with van der Waals surface area (Å²) in [6.45, 7) is 4.93. The van der Waals surface area contributed by atoms with Crippen LogP contribution in [0, 0.1) is 12.7 Å². The van der Waals surface area contributed by atoms with Crippen molar-refractivity contribution in [3.05, 3.63) is 51.5 Å². The molecule has 1 heterocycles. The Morgan fingerprint density at radius 3 is 2.70 bits per heavy atom. The molecule has 0 amide bonds. The Morgan fingerprint density at radius 2 is 2.10 bits per heavy atom. The summed E-state index contributed by atoms with van der Waals surface area (Å²) in [4.78, 5) is 1.14. The van der Waals surface area contributed by atoms with E-state index in [1.807, 2.05) is 24.4 Å². The fourth-order valence-corrected chi connectivity index (χ4v) is 3.15. The number of hydrogen-bond donors (Lipinski definition) is 1. The van der Waals surface area contributed by atoms with Crippen LogP contribution in [0.15, 0.2) is 29.6 Å². The van der Waals surface area contributed by atoms with E-state index in [-0.39, 0.29) is 11.9 Å². The van der Waals surface area contributed by atoms with Crippen LogP contribution >= 0.6 is 11.3 Å². The van der Waals surface area contributed by atoms with E-state index in [0.29, 0.717) is 0 Å². The second kappa shape index (κ2) is 6.86. The summed E-state index contributed by atoms with van der Waals surface area (Å²) in [6.07, 6.45) is 1.04. The number of rotatable bonds is 6. The van der Waals surface area contributed by atoms with Gasteiger partial charge in [0.1, 0.15) is 11.6 Å². The van der Waals surface area contributed by atoms with Gasteiger partial charge < -0.3 is 10.1 Å². The zero-order chi connectivity index (χ0) is 14.5. The number of hydrogen-bond acceptors (Lipinski definition) is 3. The average molecular weight is 293 g/mol. The Labute approximate surface area is 123 Å². The molecule has 1 atom stereocenters. The van der Waals surface area contributed by atoms with Crippen molar-refractivity contribution in [3.8, 4) is 5.75 Å². The molecule has 0 aliphatic rings. The predicted octanol–water partition coefficient (Wildman–Crippen LogP) is 4.29. The summed E-state index contributed by atoms with van der Waals surface area (Å²) in [7, 11) is 1.66. The highest BCUT2D eigenvalue weighted by molar-refractivity contribution is 7.10. The quantitative estimate of drug-likeness (QED) is 0.857. The maximum Gasteiger partial charge on any atom is 0.129 e. The average Bonchev–Trinajstić information content (AvgIpc) is 2.87. The highest BCUT2D eigenvalue weighted by Crippen LogP contribution is 2.31. The molecule has 20 heavy (non-hydrogen) atoms. The molecule has 1 aromatic heterocycles. The molecule has 1 N–H and O–H groups in total. The van der Waals surface area contributed by atoms with Gasteiger partial charge in [0.2, 0.25) is 0 Å². The van der Waals surface area contributed by atoms with Crippen molar-refractivity contribution in [2.75, 3.05) is 13.7 Å². The molecule has 2 aromatic rings. The number of methoxy groups -OCH3 is 1. The van der Waals surface area contributed by atoms with Gasteiger partial charge in [-0.15, -0.1) is 11.3 Å². The molecule has 2 nitrogen and oxygen atoms in total. The first-order valence-electron chi connectivity index (χ1n) is 6.77. The molecule has 4 heteroatoms. The van der Waals surface area contributed by atoms with Crippen LogP contribution < -0.4 is 10.1 Å². The van der Waals surface area contributed by atoms with Crippen molar-refractivity contribution in [1.29, 1.82) is 0 Å². The molecule has 108 valence electrons. The molecular weight excluding hydrogens is 273 g/mol. The standard InChI is InChI=1S/C16H20FNOS/c1-4-5-18-16(15-9-14(19-3)10-20-15)12-6-11(2)7-13(17)8-12/h6-10,16,18H,4-5H2,1-3H3. The van der Waals surface area contributed by atoms with Crippen LogP contribution in [0.5, 0.6) is 5.75 Å². The van der Waals surface area contributed by atoms with Gasteiger partial charge >= 0.3 is 0 Å². The molecule has 0 saturated carbocycles. The number of nitrogens with one attached hydrogen (secondary N) is 1. The van der Waals surface area contributed by atoms with E-state index < -0.39 is 0 Å². The number of aryl methyl sites for hydroxylation is 1. The van der Waals surface area contributed by atoms with E-state index in [1.54, 1.807) is 30.6 Å². The summed E-state index contributed by atoms with van der Waals surface area (Å²) < 4.78 is 18.9. The molecule has 0 aliphatic heterocycles. The van der Waals surface area contributed by atoms with Gasteiger partial charge in [-0.1, -0.05) is 13.0 Å². The molecule has 0 fully saturated rings. The minimum absolute atomic E-state index is 0.0123. The van der Waals surface area contributed by atoms with Crippen LogP contribution in [-0.4, -0.2) is 13.7 Å². The Hall–Kier alpha value is -1.39. The summed E-state index contributed by atoms with van der Waals surface area (Å²) >= 11 is 1.63. The SMILES string of the molecule is CCCNC(c1cc(C)cc(F)c1)c1cc(OC)cs1. The maximum absolute atomic E-state index is 13.6. The van der Waals surface area contributed by atoms with Crippen molar-refractivity contribution in [2.45, 2.75) is 26.3 Å². The largest absolute Gasteiger partial charge is 0.496 e. The first kappa shape index (κ1) is 15.0. The molecule has 0 radical (unpaired) electrons. The molecule has 0 aliphatic carbocycles. The van der Waals surface area contributed by atoms with Crippen molar-refractivity contribution < 1.29 is 9.13 Å². The predicted molar refractivity (Wildman–Crippen MR) is 82.1 cm³/mol. The summed E-state index contributed by atoms with van der Waals surface area (Å²) in [5.74, 6) is 0.660. The Bertz CT molecular complexity index is 547. The molecule has 0 spiro atoms. The lowest BCUT2D eigenvalue weighted by atomic mass is 10.0. The second-order valence-corrected chi connectivity index (χ2v) is 5.78. The van der Waals surface area contributed by atoms with Crippen LogP contribution in [0.4, 0.5) is 4.39 Å². The van der Waals surface area contributed by atoms with Crippen molar-refractivity contribution in [3.63, 3.8) is 0 Å². The minimum atomic E-state index is -0.188. The van der Waals surface area contributed by atoms with Gasteiger partial charge in [-0.2, -0.15) is 0 Å². The topological polar surface area (TPSA) is 21.3 Å². The highest BCUT2D eigenvalue weighted by Gasteiger charge is 2.17.